The van der Waals surface area contributed by atoms with Crippen LogP contribution in [0.25, 0.3) is 0 Å². The van der Waals surface area contributed by atoms with Crippen molar-refractivity contribution < 1.29 is 22.8 Å². The second-order valence-corrected chi connectivity index (χ2v) is 11.1. The molecule has 0 radical (unpaired) electrons. The van der Waals surface area contributed by atoms with Crippen molar-refractivity contribution >= 4 is 44.8 Å². The number of carbonyl (C=O) groups is 3. The van der Waals surface area contributed by atoms with Gasteiger partial charge in [-0.15, -0.1) is 0 Å². The highest BCUT2D eigenvalue weighted by molar-refractivity contribution is 7.91. The summed E-state index contributed by atoms with van der Waals surface area (Å²) in [6.07, 6.45) is 4.29. The Morgan fingerprint density at radius 3 is 2.47 bits per heavy atom. The Labute approximate surface area is 192 Å². The Balaban J connectivity index is 1.47. The fourth-order valence-electron chi connectivity index (χ4n) is 4.64. The molecule has 2 fully saturated rings. The summed E-state index contributed by atoms with van der Waals surface area (Å²) < 4.78 is 23.5. The molecule has 2 unspecified atom stereocenters. The molecular formula is C22H26ClN3O5S. The highest BCUT2D eigenvalue weighted by Gasteiger charge is 2.45. The first-order valence-corrected chi connectivity index (χ1v) is 13.1. The first-order valence-electron chi connectivity index (χ1n) is 10.9. The molecule has 0 aromatic heterocycles. The number of rotatable bonds is 5. The molecule has 0 saturated carbocycles. The van der Waals surface area contributed by atoms with E-state index in [1.54, 1.807) is 24.3 Å². The van der Waals surface area contributed by atoms with Gasteiger partial charge in [-0.25, -0.2) is 8.42 Å². The fourth-order valence-corrected chi connectivity index (χ4v) is 6.56. The lowest BCUT2D eigenvalue weighted by molar-refractivity contribution is -0.139. The molecule has 3 aliphatic heterocycles. The van der Waals surface area contributed by atoms with Crippen LogP contribution in [0.1, 0.15) is 49.4 Å². The molecule has 1 aromatic carbocycles. The van der Waals surface area contributed by atoms with Crippen LogP contribution >= 0.6 is 11.6 Å². The monoisotopic (exact) mass is 479 g/mol. The minimum Gasteiger partial charge on any atom is -0.350 e. The van der Waals surface area contributed by atoms with Gasteiger partial charge in [-0.1, -0.05) is 18.5 Å². The predicted molar refractivity (Wildman–Crippen MR) is 121 cm³/mol. The van der Waals surface area contributed by atoms with Crippen LogP contribution in [-0.2, 0) is 19.4 Å². The SMILES string of the molecule is CCC1CCCCN1C(=O)c1ccc(NC2=C(Cl)C(=O)N(C3CCS(=O)(=O)C3)C2=O)cc1. The van der Waals surface area contributed by atoms with Gasteiger partial charge in [0.05, 0.1) is 17.5 Å². The number of hydrogen-bond acceptors (Lipinski definition) is 6. The third-order valence-electron chi connectivity index (χ3n) is 6.39. The molecule has 0 bridgehead atoms. The highest BCUT2D eigenvalue weighted by atomic mass is 35.5. The van der Waals surface area contributed by atoms with Crippen LogP contribution in [0.5, 0.6) is 0 Å². The molecule has 32 heavy (non-hydrogen) atoms. The summed E-state index contributed by atoms with van der Waals surface area (Å²) in [7, 11) is -3.27. The second-order valence-electron chi connectivity index (χ2n) is 8.48. The average Bonchev–Trinajstić information content (AvgIpc) is 3.24. The van der Waals surface area contributed by atoms with E-state index in [0.29, 0.717) is 11.3 Å². The Hall–Kier alpha value is -2.39. The van der Waals surface area contributed by atoms with E-state index in [2.05, 4.69) is 12.2 Å². The largest absolute Gasteiger partial charge is 0.350 e. The zero-order chi connectivity index (χ0) is 23.0. The molecule has 2 atom stereocenters. The van der Waals surface area contributed by atoms with E-state index in [4.69, 9.17) is 11.6 Å². The maximum atomic E-state index is 12.9. The number of hydrogen-bond donors (Lipinski definition) is 1. The molecule has 0 spiro atoms. The van der Waals surface area contributed by atoms with Gasteiger partial charge < -0.3 is 10.2 Å². The number of amides is 3. The van der Waals surface area contributed by atoms with Crippen LogP contribution < -0.4 is 5.32 Å². The Bertz CT molecular complexity index is 1080. The van der Waals surface area contributed by atoms with Crippen molar-refractivity contribution in [3.05, 3.63) is 40.6 Å². The Kier molecular flexibility index (Phi) is 6.31. The molecular weight excluding hydrogens is 454 g/mol. The third-order valence-corrected chi connectivity index (χ3v) is 8.49. The maximum absolute atomic E-state index is 12.9. The van der Waals surface area contributed by atoms with Gasteiger partial charge in [0.2, 0.25) is 0 Å². The van der Waals surface area contributed by atoms with Crippen LogP contribution in [0.2, 0.25) is 0 Å². The average molecular weight is 480 g/mol. The van der Waals surface area contributed by atoms with Gasteiger partial charge in [0, 0.05) is 23.8 Å². The van der Waals surface area contributed by atoms with Gasteiger partial charge >= 0.3 is 0 Å². The summed E-state index contributed by atoms with van der Waals surface area (Å²) in [4.78, 5) is 41.1. The first-order chi connectivity index (χ1) is 15.2. The smallest absolute Gasteiger partial charge is 0.279 e. The number of nitrogens with one attached hydrogen (secondary N) is 1. The lowest BCUT2D eigenvalue weighted by atomic mass is 9.99. The van der Waals surface area contributed by atoms with E-state index in [0.717, 1.165) is 37.1 Å². The topological polar surface area (TPSA) is 104 Å². The number of likely N-dealkylation sites (tertiary alicyclic amines) is 1. The summed E-state index contributed by atoms with van der Waals surface area (Å²) in [6.45, 7) is 2.84. The van der Waals surface area contributed by atoms with E-state index in [-0.39, 0.29) is 40.6 Å². The van der Waals surface area contributed by atoms with Crippen molar-refractivity contribution in [3.63, 3.8) is 0 Å². The number of piperidine rings is 1. The highest BCUT2D eigenvalue weighted by Crippen LogP contribution is 2.31. The number of benzene rings is 1. The van der Waals surface area contributed by atoms with Crippen molar-refractivity contribution in [2.75, 3.05) is 23.4 Å². The molecule has 8 nitrogen and oxygen atoms in total. The first kappa shape index (κ1) is 22.8. The van der Waals surface area contributed by atoms with Crippen LogP contribution in [0.4, 0.5) is 5.69 Å². The van der Waals surface area contributed by atoms with E-state index in [9.17, 15) is 22.8 Å². The molecule has 2 saturated heterocycles. The third kappa shape index (κ3) is 4.28. The zero-order valence-electron chi connectivity index (χ0n) is 17.8. The van der Waals surface area contributed by atoms with Gasteiger partial charge in [-0.2, -0.15) is 0 Å². The van der Waals surface area contributed by atoms with Gasteiger partial charge in [0.25, 0.3) is 17.7 Å². The summed E-state index contributed by atoms with van der Waals surface area (Å²) in [6, 6.07) is 6.24. The van der Waals surface area contributed by atoms with E-state index < -0.39 is 27.7 Å². The van der Waals surface area contributed by atoms with Gasteiger partial charge in [-0.05, 0) is 56.4 Å². The minimum atomic E-state index is -3.27. The number of carbonyl (C=O) groups excluding carboxylic acids is 3. The number of anilines is 1. The minimum absolute atomic E-state index is 0.0129. The summed E-state index contributed by atoms with van der Waals surface area (Å²) in [5.74, 6) is -1.64. The number of sulfone groups is 1. The van der Waals surface area contributed by atoms with E-state index >= 15 is 0 Å². The van der Waals surface area contributed by atoms with Crippen LogP contribution in [-0.4, -0.2) is 66.1 Å². The lowest BCUT2D eigenvalue weighted by Crippen LogP contribution is -2.43. The standard InChI is InChI=1S/C22H26ClN3O5S/c1-2-16-5-3-4-11-25(16)20(27)14-6-8-15(9-7-14)24-19-18(23)21(28)26(22(19)29)17-10-12-32(30,31)13-17/h6-9,16-17,24H,2-5,10-13H2,1H3. The zero-order valence-corrected chi connectivity index (χ0v) is 19.4. The van der Waals surface area contributed by atoms with Crippen LogP contribution in [0, 0.1) is 0 Å². The van der Waals surface area contributed by atoms with Gasteiger partial charge in [-0.3, -0.25) is 19.3 Å². The summed E-state index contributed by atoms with van der Waals surface area (Å²) in [5, 5.41) is 2.61. The van der Waals surface area contributed by atoms with Crippen LogP contribution in [0.15, 0.2) is 35.0 Å². The van der Waals surface area contributed by atoms with E-state index in [1.807, 2.05) is 4.90 Å². The number of halogens is 1. The predicted octanol–water partition coefficient (Wildman–Crippen LogP) is 2.51. The summed E-state index contributed by atoms with van der Waals surface area (Å²) in [5.41, 5.74) is 0.979. The molecule has 1 aromatic rings. The molecule has 3 aliphatic rings. The van der Waals surface area contributed by atoms with Gasteiger partial charge in [0.1, 0.15) is 10.7 Å². The van der Waals surface area contributed by atoms with Crippen molar-refractivity contribution in [1.82, 2.24) is 9.80 Å². The molecule has 1 N–H and O–H groups in total. The Morgan fingerprint density at radius 1 is 1.12 bits per heavy atom. The lowest BCUT2D eigenvalue weighted by Gasteiger charge is -2.35. The molecule has 3 amide bonds. The normalized spacial score (nSPS) is 25.6. The van der Waals surface area contributed by atoms with Gasteiger partial charge in [0.15, 0.2) is 9.84 Å². The number of imide groups is 1. The molecule has 172 valence electrons. The second kappa shape index (κ2) is 8.86. The number of nitrogens with zero attached hydrogens (tertiary/aromatic N) is 2. The van der Waals surface area contributed by atoms with Crippen LogP contribution in [0.3, 0.4) is 0 Å². The quantitative estimate of drug-likeness (QED) is 0.651. The summed E-state index contributed by atoms with van der Waals surface area (Å²) >= 11 is 6.13. The Morgan fingerprint density at radius 2 is 1.84 bits per heavy atom. The van der Waals surface area contributed by atoms with Crippen molar-refractivity contribution in [1.29, 1.82) is 0 Å². The van der Waals surface area contributed by atoms with Crippen molar-refractivity contribution in [3.8, 4) is 0 Å². The molecule has 4 rings (SSSR count). The maximum Gasteiger partial charge on any atom is 0.279 e. The van der Waals surface area contributed by atoms with Crippen molar-refractivity contribution in [2.45, 2.75) is 51.1 Å². The fraction of sp³-hybridized carbons (Fsp3) is 0.500. The molecule has 10 heteroatoms. The van der Waals surface area contributed by atoms with E-state index in [1.165, 1.54) is 0 Å². The van der Waals surface area contributed by atoms with Crippen molar-refractivity contribution in [2.24, 2.45) is 0 Å². The molecule has 3 heterocycles. The molecule has 0 aliphatic carbocycles.